The van der Waals surface area contributed by atoms with E-state index in [1.165, 1.54) is 18.2 Å². The zero-order valence-corrected chi connectivity index (χ0v) is 19.5. The van der Waals surface area contributed by atoms with Crippen LogP contribution in [0.1, 0.15) is 39.1 Å². The molecule has 0 unspecified atom stereocenters. The smallest absolute Gasteiger partial charge is 0.255 e. The van der Waals surface area contributed by atoms with Gasteiger partial charge in [-0.05, 0) is 79.1 Å². The van der Waals surface area contributed by atoms with Gasteiger partial charge in [-0.25, -0.2) is 4.39 Å². The molecule has 1 aliphatic rings. The van der Waals surface area contributed by atoms with Crippen molar-refractivity contribution in [3.63, 3.8) is 0 Å². The Bertz CT molecular complexity index is 1190. The summed E-state index contributed by atoms with van der Waals surface area (Å²) >= 11 is 0. The lowest BCUT2D eigenvalue weighted by Crippen LogP contribution is -2.33. The molecule has 34 heavy (non-hydrogen) atoms. The molecule has 7 heteroatoms. The van der Waals surface area contributed by atoms with E-state index in [4.69, 9.17) is 4.74 Å². The number of anilines is 2. The Morgan fingerprint density at radius 3 is 2.35 bits per heavy atom. The third kappa shape index (κ3) is 5.36. The van der Waals surface area contributed by atoms with E-state index in [1.807, 2.05) is 42.1 Å². The Morgan fingerprint density at radius 1 is 1.00 bits per heavy atom. The molecule has 1 saturated carbocycles. The highest BCUT2D eigenvalue weighted by atomic mass is 19.1. The predicted octanol–water partition coefficient (Wildman–Crippen LogP) is 4.96. The molecule has 2 amide bonds. The molecule has 0 saturated heterocycles. The Morgan fingerprint density at radius 2 is 1.74 bits per heavy atom. The van der Waals surface area contributed by atoms with Gasteiger partial charge in [0.1, 0.15) is 11.6 Å². The molecule has 4 rings (SSSR count). The monoisotopic (exact) mass is 461 g/mol. The maximum absolute atomic E-state index is 13.5. The van der Waals surface area contributed by atoms with Gasteiger partial charge in [0.2, 0.25) is 0 Å². The molecular weight excluding hydrogens is 433 g/mol. The summed E-state index contributed by atoms with van der Waals surface area (Å²) in [7, 11) is 5.48. The van der Waals surface area contributed by atoms with Gasteiger partial charge in [-0.1, -0.05) is 6.07 Å². The highest BCUT2D eigenvalue weighted by molar-refractivity contribution is 6.04. The fourth-order valence-electron chi connectivity index (χ4n) is 3.90. The maximum atomic E-state index is 13.5. The van der Waals surface area contributed by atoms with E-state index >= 15 is 0 Å². The Hall–Kier alpha value is -3.87. The van der Waals surface area contributed by atoms with Crippen LogP contribution in [0.5, 0.6) is 5.75 Å². The summed E-state index contributed by atoms with van der Waals surface area (Å²) in [6.45, 7) is 0.409. The fourth-order valence-corrected chi connectivity index (χ4v) is 3.90. The minimum Gasteiger partial charge on any atom is -0.497 e. The number of carbonyl (C=O) groups is 2. The van der Waals surface area contributed by atoms with Gasteiger partial charge in [-0.3, -0.25) is 9.59 Å². The maximum Gasteiger partial charge on any atom is 0.255 e. The normalized spacial score (nSPS) is 12.7. The van der Waals surface area contributed by atoms with Crippen LogP contribution in [0.4, 0.5) is 15.8 Å². The van der Waals surface area contributed by atoms with Crippen LogP contribution >= 0.6 is 0 Å². The third-order valence-corrected chi connectivity index (χ3v) is 5.83. The van der Waals surface area contributed by atoms with Gasteiger partial charge in [-0.2, -0.15) is 0 Å². The van der Waals surface area contributed by atoms with Crippen molar-refractivity contribution in [1.82, 2.24) is 4.90 Å². The van der Waals surface area contributed by atoms with Gasteiger partial charge in [0, 0.05) is 49.2 Å². The first-order valence-corrected chi connectivity index (χ1v) is 11.2. The average molecular weight is 462 g/mol. The van der Waals surface area contributed by atoms with E-state index in [-0.39, 0.29) is 17.5 Å². The van der Waals surface area contributed by atoms with E-state index in [0.29, 0.717) is 23.5 Å². The summed E-state index contributed by atoms with van der Waals surface area (Å²) in [4.78, 5) is 29.9. The lowest BCUT2D eigenvalue weighted by Gasteiger charge is -2.26. The Balaban J connectivity index is 1.59. The summed E-state index contributed by atoms with van der Waals surface area (Å²) in [5, 5.41) is 2.84. The van der Waals surface area contributed by atoms with Crippen molar-refractivity contribution in [2.75, 3.05) is 31.4 Å². The predicted molar refractivity (Wildman–Crippen MR) is 131 cm³/mol. The lowest BCUT2D eigenvalue weighted by atomic mass is 10.1. The van der Waals surface area contributed by atoms with Crippen LogP contribution in [0.2, 0.25) is 0 Å². The van der Waals surface area contributed by atoms with Crippen LogP contribution in [0.15, 0.2) is 66.7 Å². The first-order chi connectivity index (χ1) is 16.4. The number of methoxy groups -OCH3 is 1. The molecule has 176 valence electrons. The number of nitrogens with zero attached hydrogens (tertiary/aromatic N) is 2. The van der Waals surface area contributed by atoms with Crippen LogP contribution in [0.25, 0.3) is 0 Å². The fraction of sp³-hybridized carbons (Fsp3) is 0.259. The minimum atomic E-state index is -0.464. The summed E-state index contributed by atoms with van der Waals surface area (Å²) < 4.78 is 18.7. The third-order valence-electron chi connectivity index (χ3n) is 5.83. The van der Waals surface area contributed by atoms with Crippen molar-refractivity contribution in [2.45, 2.75) is 25.4 Å². The van der Waals surface area contributed by atoms with Gasteiger partial charge in [0.25, 0.3) is 11.8 Å². The summed E-state index contributed by atoms with van der Waals surface area (Å²) in [5.41, 5.74) is 3.30. The number of benzene rings is 3. The van der Waals surface area contributed by atoms with Gasteiger partial charge in [0.15, 0.2) is 0 Å². The van der Waals surface area contributed by atoms with Crippen LogP contribution < -0.4 is 15.0 Å². The number of hydrogen-bond donors (Lipinski definition) is 1. The largest absolute Gasteiger partial charge is 0.497 e. The molecule has 0 atom stereocenters. The van der Waals surface area contributed by atoms with Crippen LogP contribution in [-0.2, 0) is 6.54 Å². The minimum absolute atomic E-state index is 0.0379. The van der Waals surface area contributed by atoms with Gasteiger partial charge in [0.05, 0.1) is 7.11 Å². The van der Waals surface area contributed by atoms with Gasteiger partial charge >= 0.3 is 0 Å². The molecule has 1 aliphatic carbocycles. The molecule has 3 aromatic rings. The molecule has 6 nitrogen and oxygen atoms in total. The standard InChI is InChI=1S/C27H28FN3O3/c1-30(2)25-14-9-22(29-26(32)19-5-4-6-21(28)15-19)16-20(25)17-31(23-10-11-23)27(33)18-7-12-24(34-3)13-8-18/h4-9,12-16,23H,10-11,17H2,1-3H3,(H,29,32). The van der Waals surface area contributed by atoms with E-state index < -0.39 is 11.7 Å². The van der Waals surface area contributed by atoms with Crippen molar-refractivity contribution >= 4 is 23.2 Å². The summed E-state index contributed by atoms with van der Waals surface area (Å²) in [6.07, 6.45) is 1.93. The second-order valence-electron chi connectivity index (χ2n) is 8.60. The first-order valence-electron chi connectivity index (χ1n) is 11.2. The highest BCUT2D eigenvalue weighted by Crippen LogP contribution is 2.33. The number of nitrogens with one attached hydrogen (secondary N) is 1. The number of halogens is 1. The van der Waals surface area contributed by atoms with Crippen LogP contribution in [0.3, 0.4) is 0 Å². The van der Waals surface area contributed by atoms with Gasteiger partial charge < -0.3 is 19.9 Å². The van der Waals surface area contributed by atoms with Crippen molar-refractivity contribution < 1.29 is 18.7 Å². The molecule has 1 N–H and O–H groups in total. The number of ether oxygens (including phenoxy) is 1. The van der Waals surface area contributed by atoms with E-state index in [0.717, 1.165) is 24.1 Å². The lowest BCUT2D eigenvalue weighted by molar-refractivity contribution is 0.0730. The first kappa shape index (κ1) is 23.3. The molecule has 3 aromatic carbocycles. The van der Waals surface area contributed by atoms with Crippen LogP contribution in [0, 0.1) is 5.82 Å². The van der Waals surface area contributed by atoms with Crippen molar-refractivity contribution in [2.24, 2.45) is 0 Å². The zero-order chi connectivity index (χ0) is 24.2. The molecule has 0 aromatic heterocycles. The average Bonchev–Trinajstić information content (AvgIpc) is 3.67. The van der Waals surface area contributed by atoms with Crippen molar-refractivity contribution in [3.05, 3.63) is 89.2 Å². The molecule has 0 bridgehead atoms. The van der Waals surface area contributed by atoms with Crippen LogP contribution in [-0.4, -0.2) is 44.0 Å². The molecule has 0 spiro atoms. The summed E-state index contributed by atoms with van der Waals surface area (Å²) in [5.74, 6) is -0.194. The van der Waals surface area contributed by atoms with Crippen molar-refractivity contribution in [1.29, 1.82) is 0 Å². The Kier molecular flexibility index (Phi) is 6.82. The zero-order valence-electron chi connectivity index (χ0n) is 19.5. The molecule has 0 aliphatic heterocycles. The molecule has 0 radical (unpaired) electrons. The molecule has 1 fully saturated rings. The second kappa shape index (κ2) is 9.95. The Labute approximate surface area is 198 Å². The number of carbonyl (C=O) groups excluding carboxylic acids is 2. The number of rotatable bonds is 8. The molecular formula is C27H28FN3O3. The van der Waals surface area contributed by atoms with E-state index in [1.54, 1.807) is 37.4 Å². The summed E-state index contributed by atoms with van der Waals surface area (Å²) in [6, 6.07) is 18.5. The van der Waals surface area contributed by atoms with E-state index in [9.17, 15) is 14.0 Å². The van der Waals surface area contributed by atoms with E-state index in [2.05, 4.69) is 5.32 Å². The van der Waals surface area contributed by atoms with Crippen molar-refractivity contribution in [3.8, 4) is 5.75 Å². The number of amides is 2. The number of hydrogen-bond acceptors (Lipinski definition) is 4. The highest BCUT2D eigenvalue weighted by Gasteiger charge is 2.33. The topological polar surface area (TPSA) is 61.9 Å². The quantitative estimate of drug-likeness (QED) is 0.515. The second-order valence-corrected chi connectivity index (χ2v) is 8.60. The SMILES string of the molecule is COc1ccc(C(=O)N(Cc2cc(NC(=O)c3cccc(F)c3)ccc2N(C)C)C2CC2)cc1. The van der Waals surface area contributed by atoms with Gasteiger partial charge in [-0.15, -0.1) is 0 Å². The molecule has 0 heterocycles.